The van der Waals surface area contributed by atoms with Crippen LogP contribution in [0.25, 0.3) is 5.69 Å². The van der Waals surface area contributed by atoms with Crippen molar-refractivity contribution < 1.29 is 9.59 Å². The molecule has 0 radical (unpaired) electrons. The summed E-state index contributed by atoms with van der Waals surface area (Å²) in [4.78, 5) is 27.1. The van der Waals surface area contributed by atoms with E-state index in [0.29, 0.717) is 17.8 Å². The predicted octanol–water partition coefficient (Wildman–Crippen LogP) is 3.90. The number of nitrogens with zero attached hydrogens (tertiary/aromatic N) is 3. The Morgan fingerprint density at radius 1 is 1.03 bits per heavy atom. The van der Waals surface area contributed by atoms with Crippen LogP contribution in [0.3, 0.4) is 0 Å². The maximum atomic E-state index is 12.5. The normalized spacial score (nSPS) is 10.8. The van der Waals surface area contributed by atoms with Gasteiger partial charge in [-0.05, 0) is 49.8 Å². The van der Waals surface area contributed by atoms with E-state index in [0.717, 1.165) is 36.6 Å². The third-order valence-corrected chi connectivity index (χ3v) is 5.21. The second-order valence-corrected chi connectivity index (χ2v) is 7.40. The summed E-state index contributed by atoms with van der Waals surface area (Å²) in [5, 5.41) is 12.9. The summed E-state index contributed by atoms with van der Waals surface area (Å²) in [6.45, 7) is 9.47. The van der Waals surface area contributed by atoms with Gasteiger partial charge in [-0.1, -0.05) is 38.1 Å². The molecule has 1 heterocycles. The van der Waals surface area contributed by atoms with Crippen molar-refractivity contribution in [1.29, 1.82) is 0 Å². The van der Waals surface area contributed by atoms with Gasteiger partial charge in [0, 0.05) is 24.3 Å². The van der Waals surface area contributed by atoms with Crippen molar-refractivity contribution in [3.63, 3.8) is 0 Å². The number of para-hydroxylation sites is 1. The molecule has 1 aromatic heterocycles. The highest BCUT2D eigenvalue weighted by atomic mass is 16.2. The molecule has 0 saturated carbocycles. The lowest BCUT2D eigenvalue weighted by Crippen LogP contribution is -2.34. The van der Waals surface area contributed by atoms with E-state index in [1.807, 2.05) is 43.3 Å². The summed E-state index contributed by atoms with van der Waals surface area (Å²) in [5.74, 6) is -0.123. The third-order valence-electron chi connectivity index (χ3n) is 5.21. The smallest absolute Gasteiger partial charge is 0.323 e. The largest absolute Gasteiger partial charge is 0.351 e. The van der Waals surface area contributed by atoms with E-state index in [1.165, 1.54) is 0 Å². The molecule has 3 rings (SSSR count). The van der Waals surface area contributed by atoms with Crippen LogP contribution in [0.15, 0.2) is 60.9 Å². The topological polar surface area (TPSA) is 91.3 Å². The van der Waals surface area contributed by atoms with Gasteiger partial charge >= 0.3 is 6.03 Å². The van der Waals surface area contributed by atoms with Crippen molar-refractivity contribution in [2.45, 2.75) is 20.8 Å². The summed E-state index contributed by atoms with van der Waals surface area (Å²) >= 11 is 0. The lowest BCUT2D eigenvalue weighted by molar-refractivity contribution is 0.0949. The van der Waals surface area contributed by atoms with Crippen molar-refractivity contribution in [2.24, 2.45) is 0 Å². The fraction of sp³-hybridized carbons (Fsp3) is 0.292. The average Bonchev–Trinajstić information content (AvgIpc) is 3.26. The van der Waals surface area contributed by atoms with Gasteiger partial charge in [0.1, 0.15) is 0 Å². The molecule has 3 amide bonds. The number of nitrogens with one attached hydrogen (secondary N) is 3. The number of anilines is 2. The Morgan fingerprint density at radius 3 is 2.56 bits per heavy atom. The van der Waals surface area contributed by atoms with Crippen molar-refractivity contribution in [2.75, 3.05) is 36.8 Å². The molecule has 0 aliphatic carbocycles. The first-order chi connectivity index (χ1) is 15.5. The molecule has 0 aliphatic rings. The zero-order chi connectivity index (χ0) is 22.9. The second-order valence-electron chi connectivity index (χ2n) is 7.40. The minimum Gasteiger partial charge on any atom is -0.351 e. The van der Waals surface area contributed by atoms with E-state index >= 15 is 0 Å². The second kappa shape index (κ2) is 11.1. The Bertz CT molecular complexity index is 1060. The SMILES string of the molecule is CCN(CC)CCNC(=O)c1cccc(-n2cc(NC(=O)Nc3ccccc3C)cn2)c1. The van der Waals surface area contributed by atoms with Gasteiger partial charge < -0.3 is 20.9 Å². The van der Waals surface area contributed by atoms with Gasteiger partial charge in [-0.25, -0.2) is 9.48 Å². The van der Waals surface area contributed by atoms with Crippen LogP contribution in [0.2, 0.25) is 0 Å². The molecule has 8 heteroatoms. The first-order valence-corrected chi connectivity index (χ1v) is 10.8. The van der Waals surface area contributed by atoms with Gasteiger partial charge in [0.25, 0.3) is 5.91 Å². The number of amides is 3. The van der Waals surface area contributed by atoms with E-state index in [-0.39, 0.29) is 11.9 Å². The van der Waals surface area contributed by atoms with Gasteiger partial charge in [-0.15, -0.1) is 0 Å². The maximum Gasteiger partial charge on any atom is 0.323 e. The Balaban J connectivity index is 1.60. The molecule has 0 unspecified atom stereocenters. The highest BCUT2D eigenvalue weighted by Crippen LogP contribution is 2.16. The number of aromatic nitrogens is 2. The van der Waals surface area contributed by atoms with Crippen LogP contribution in [-0.2, 0) is 0 Å². The molecule has 0 bridgehead atoms. The first-order valence-electron chi connectivity index (χ1n) is 10.8. The molecule has 0 atom stereocenters. The summed E-state index contributed by atoms with van der Waals surface area (Å²) in [6, 6.07) is 14.4. The highest BCUT2D eigenvalue weighted by Gasteiger charge is 2.10. The molecule has 0 spiro atoms. The van der Waals surface area contributed by atoms with Crippen LogP contribution in [0.1, 0.15) is 29.8 Å². The Kier molecular flexibility index (Phi) is 7.99. The number of likely N-dealkylation sites (N-methyl/N-ethyl adjacent to an activating group) is 1. The molecular weight excluding hydrogens is 404 g/mol. The van der Waals surface area contributed by atoms with E-state index in [1.54, 1.807) is 29.2 Å². The minimum atomic E-state index is -0.347. The number of hydrogen-bond donors (Lipinski definition) is 3. The summed E-state index contributed by atoms with van der Waals surface area (Å²) in [7, 11) is 0. The number of carbonyl (C=O) groups excluding carboxylic acids is 2. The fourth-order valence-electron chi connectivity index (χ4n) is 3.29. The van der Waals surface area contributed by atoms with Crippen molar-refractivity contribution in [3.8, 4) is 5.69 Å². The van der Waals surface area contributed by atoms with Crippen molar-refractivity contribution in [3.05, 3.63) is 72.1 Å². The van der Waals surface area contributed by atoms with Gasteiger partial charge in [0.15, 0.2) is 0 Å². The van der Waals surface area contributed by atoms with E-state index in [2.05, 4.69) is 39.8 Å². The van der Waals surface area contributed by atoms with Crippen LogP contribution in [0.4, 0.5) is 16.2 Å². The molecule has 8 nitrogen and oxygen atoms in total. The molecule has 0 aliphatic heterocycles. The summed E-state index contributed by atoms with van der Waals surface area (Å²) in [5.41, 5.74) is 3.56. The predicted molar refractivity (Wildman–Crippen MR) is 128 cm³/mol. The molecule has 2 aromatic carbocycles. The third kappa shape index (κ3) is 6.18. The van der Waals surface area contributed by atoms with Gasteiger partial charge in [0.05, 0.1) is 23.8 Å². The van der Waals surface area contributed by atoms with Crippen LogP contribution in [0.5, 0.6) is 0 Å². The molecule has 0 saturated heterocycles. The minimum absolute atomic E-state index is 0.123. The number of benzene rings is 2. The Morgan fingerprint density at radius 2 is 1.81 bits per heavy atom. The van der Waals surface area contributed by atoms with Gasteiger partial charge in [-0.3, -0.25) is 4.79 Å². The van der Waals surface area contributed by atoms with E-state index in [4.69, 9.17) is 0 Å². The van der Waals surface area contributed by atoms with E-state index < -0.39 is 0 Å². The lowest BCUT2D eigenvalue weighted by atomic mass is 10.2. The van der Waals surface area contributed by atoms with Crippen LogP contribution in [0, 0.1) is 6.92 Å². The Labute approximate surface area is 188 Å². The lowest BCUT2D eigenvalue weighted by Gasteiger charge is -2.18. The summed E-state index contributed by atoms with van der Waals surface area (Å²) in [6.07, 6.45) is 3.27. The monoisotopic (exact) mass is 434 g/mol. The standard InChI is InChI=1S/C24H30N6O2/c1-4-29(5-2)14-13-25-23(31)19-10-8-11-21(15-19)30-17-20(16-26-30)27-24(32)28-22-12-7-6-9-18(22)3/h6-12,15-17H,4-5,13-14H2,1-3H3,(H,25,31)(H2,27,28,32). The summed E-state index contributed by atoms with van der Waals surface area (Å²) < 4.78 is 1.62. The van der Waals surface area contributed by atoms with Crippen LogP contribution < -0.4 is 16.0 Å². The molecule has 168 valence electrons. The quantitative estimate of drug-likeness (QED) is 0.476. The highest BCUT2D eigenvalue weighted by molar-refractivity contribution is 6.00. The average molecular weight is 435 g/mol. The number of rotatable bonds is 9. The van der Waals surface area contributed by atoms with Gasteiger partial charge in [0.2, 0.25) is 0 Å². The molecule has 0 fully saturated rings. The molecule has 3 aromatic rings. The maximum absolute atomic E-state index is 12.5. The van der Waals surface area contributed by atoms with Crippen LogP contribution in [-0.4, -0.2) is 52.8 Å². The fourth-order valence-corrected chi connectivity index (χ4v) is 3.29. The van der Waals surface area contributed by atoms with Gasteiger partial charge in [-0.2, -0.15) is 5.10 Å². The zero-order valence-corrected chi connectivity index (χ0v) is 18.8. The Hall–Kier alpha value is -3.65. The number of hydrogen-bond acceptors (Lipinski definition) is 4. The number of carbonyl (C=O) groups is 2. The molecule has 3 N–H and O–H groups in total. The zero-order valence-electron chi connectivity index (χ0n) is 18.8. The number of aryl methyl sites for hydroxylation is 1. The number of urea groups is 1. The van der Waals surface area contributed by atoms with Crippen LogP contribution >= 0.6 is 0 Å². The van der Waals surface area contributed by atoms with E-state index in [9.17, 15) is 9.59 Å². The molecule has 32 heavy (non-hydrogen) atoms. The molecular formula is C24H30N6O2. The van der Waals surface area contributed by atoms with Crippen molar-refractivity contribution >= 4 is 23.3 Å². The first kappa shape index (κ1) is 23.0. The van der Waals surface area contributed by atoms with Crippen molar-refractivity contribution in [1.82, 2.24) is 20.0 Å².